The molecule has 14 heavy (non-hydrogen) atoms. The maximum atomic E-state index is 6.10. The van der Waals surface area contributed by atoms with Crippen LogP contribution in [0.1, 0.15) is 30.7 Å². The summed E-state index contributed by atoms with van der Waals surface area (Å²) < 4.78 is 0. The van der Waals surface area contributed by atoms with Gasteiger partial charge in [-0.3, -0.25) is 0 Å². The molecule has 2 rings (SSSR count). The van der Waals surface area contributed by atoms with Crippen LogP contribution in [0.2, 0.25) is 0 Å². The zero-order valence-corrected chi connectivity index (χ0v) is 9.22. The van der Waals surface area contributed by atoms with Gasteiger partial charge in [0.05, 0.1) is 5.38 Å². The lowest BCUT2D eigenvalue weighted by Crippen LogP contribution is -2.05. The van der Waals surface area contributed by atoms with Crippen molar-refractivity contribution in [2.24, 2.45) is 5.92 Å². The number of para-hydroxylation sites is 1. The first-order chi connectivity index (χ1) is 6.77. The van der Waals surface area contributed by atoms with Crippen molar-refractivity contribution in [3.05, 3.63) is 29.8 Å². The van der Waals surface area contributed by atoms with Crippen LogP contribution in [0.25, 0.3) is 0 Å². The number of hydrogen-bond acceptors (Lipinski definition) is 1. The Morgan fingerprint density at radius 2 is 2.14 bits per heavy atom. The van der Waals surface area contributed by atoms with Crippen LogP contribution in [-0.4, -0.2) is 6.54 Å². The quantitative estimate of drug-likeness (QED) is 0.744. The van der Waals surface area contributed by atoms with Gasteiger partial charge in [-0.15, -0.1) is 11.6 Å². The Balaban J connectivity index is 2.05. The summed E-state index contributed by atoms with van der Waals surface area (Å²) >= 11 is 6.10. The first-order valence-electron chi connectivity index (χ1n) is 5.24. The molecule has 1 saturated carbocycles. The van der Waals surface area contributed by atoms with Crippen molar-refractivity contribution in [2.45, 2.75) is 25.1 Å². The third-order valence-electron chi connectivity index (χ3n) is 2.67. The van der Waals surface area contributed by atoms with E-state index in [2.05, 4.69) is 23.5 Å². The molecule has 76 valence electrons. The van der Waals surface area contributed by atoms with Crippen LogP contribution >= 0.6 is 11.6 Å². The largest absolute Gasteiger partial charge is 0.385 e. The van der Waals surface area contributed by atoms with Gasteiger partial charge in [-0.25, -0.2) is 0 Å². The van der Waals surface area contributed by atoms with E-state index < -0.39 is 0 Å². The van der Waals surface area contributed by atoms with E-state index >= 15 is 0 Å². The van der Waals surface area contributed by atoms with Crippen molar-refractivity contribution >= 4 is 17.3 Å². The highest BCUT2D eigenvalue weighted by molar-refractivity contribution is 6.21. The van der Waals surface area contributed by atoms with Gasteiger partial charge in [-0.05, 0) is 37.3 Å². The highest BCUT2D eigenvalue weighted by atomic mass is 35.5. The van der Waals surface area contributed by atoms with E-state index in [0.717, 1.165) is 12.5 Å². The Kier molecular flexibility index (Phi) is 2.97. The number of nitrogens with one attached hydrogen (secondary N) is 1. The summed E-state index contributed by atoms with van der Waals surface area (Å²) in [4.78, 5) is 0. The molecule has 0 aliphatic heterocycles. The minimum absolute atomic E-state index is 0.0814. The van der Waals surface area contributed by atoms with Gasteiger partial charge in [0.15, 0.2) is 0 Å². The second-order valence-corrected chi connectivity index (χ2v) is 4.68. The lowest BCUT2D eigenvalue weighted by atomic mass is 10.1. The fourth-order valence-corrected chi connectivity index (χ4v) is 1.77. The molecule has 0 aromatic heterocycles. The maximum absolute atomic E-state index is 6.10. The van der Waals surface area contributed by atoms with Gasteiger partial charge in [-0.1, -0.05) is 18.2 Å². The number of alkyl halides is 1. The monoisotopic (exact) mass is 209 g/mol. The summed E-state index contributed by atoms with van der Waals surface area (Å²) in [6.07, 6.45) is 2.76. The van der Waals surface area contributed by atoms with Crippen LogP contribution in [0.4, 0.5) is 5.69 Å². The molecule has 1 fully saturated rings. The summed E-state index contributed by atoms with van der Waals surface area (Å²) in [7, 11) is 0. The Morgan fingerprint density at radius 3 is 2.79 bits per heavy atom. The molecule has 1 unspecified atom stereocenters. The molecule has 0 saturated heterocycles. The van der Waals surface area contributed by atoms with Gasteiger partial charge in [0.1, 0.15) is 0 Å². The van der Waals surface area contributed by atoms with Gasteiger partial charge in [-0.2, -0.15) is 0 Å². The van der Waals surface area contributed by atoms with Crippen LogP contribution in [0, 0.1) is 5.92 Å². The Hall–Kier alpha value is -0.690. The second-order valence-electron chi connectivity index (χ2n) is 4.03. The van der Waals surface area contributed by atoms with Crippen LogP contribution in [0.5, 0.6) is 0 Å². The molecule has 0 bridgehead atoms. The lowest BCUT2D eigenvalue weighted by molar-refractivity contribution is 0.885. The molecule has 1 aromatic carbocycles. The van der Waals surface area contributed by atoms with Gasteiger partial charge < -0.3 is 5.32 Å². The zero-order chi connectivity index (χ0) is 9.97. The van der Waals surface area contributed by atoms with Gasteiger partial charge >= 0.3 is 0 Å². The van der Waals surface area contributed by atoms with Crippen molar-refractivity contribution in [3.63, 3.8) is 0 Å². The van der Waals surface area contributed by atoms with E-state index in [9.17, 15) is 0 Å². The van der Waals surface area contributed by atoms with Crippen LogP contribution < -0.4 is 5.32 Å². The molecular weight excluding hydrogens is 194 g/mol. The predicted molar refractivity (Wildman–Crippen MR) is 61.9 cm³/mol. The normalized spacial score (nSPS) is 17.9. The van der Waals surface area contributed by atoms with Crippen molar-refractivity contribution in [3.8, 4) is 0 Å². The van der Waals surface area contributed by atoms with Crippen LogP contribution in [-0.2, 0) is 0 Å². The Bertz CT molecular complexity index is 305. The third kappa shape index (κ3) is 2.42. The molecule has 1 N–H and O–H groups in total. The number of benzene rings is 1. The van der Waals surface area contributed by atoms with Crippen molar-refractivity contribution < 1.29 is 0 Å². The second kappa shape index (κ2) is 4.22. The highest BCUT2D eigenvalue weighted by Gasteiger charge is 2.21. The van der Waals surface area contributed by atoms with Crippen molar-refractivity contribution in [2.75, 3.05) is 11.9 Å². The van der Waals surface area contributed by atoms with E-state index in [1.165, 1.54) is 24.1 Å². The Labute approximate surface area is 90.5 Å². The van der Waals surface area contributed by atoms with Crippen LogP contribution in [0.15, 0.2) is 24.3 Å². The maximum Gasteiger partial charge on any atom is 0.0577 e. The topological polar surface area (TPSA) is 12.0 Å². The molecular formula is C12H16ClN. The number of anilines is 1. The van der Waals surface area contributed by atoms with E-state index in [-0.39, 0.29) is 5.38 Å². The van der Waals surface area contributed by atoms with E-state index in [1.54, 1.807) is 0 Å². The summed E-state index contributed by atoms with van der Waals surface area (Å²) in [6, 6.07) is 8.29. The van der Waals surface area contributed by atoms with Crippen LogP contribution in [0.3, 0.4) is 0 Å². The molecule has 2 heteroatoms. The summed E-state index contributed by atoms with van der Waals surface area (Å²) in [5.74, 6) is 0.897. The molecule has 1 atom stereocenters. The molecule has 1 aliphatic carbocycles. The minimum atomic E-state index is 0.0814. The molecule has 0 spiro atoms. The molecule has 0 amide bonds. The Morgan fingerprint density at radius 1 is 1.43 bits per heavy atom. The minimum Gasteiger partial charge on any atom is -0.385 e. The average Bonchev–Trinajstić information content (AvgIpc) is 2.98. The molecule has 1 nitrogen and oxygen atoms in total. The summed E-state index contributed by atoms with van der Waals surface area (Å²) in [5.41, 5.74) is 2.40. The lowest BCUT2D eigenvalue weighted by Gasteiger charge is -2.12. The predicted octanol–water partition coefficient (Wildman–Crippen LogP) is 3.81. The standard InChI is InChI=1S/C12H16ClN/c1-9(13)11-4-2-3-5-12(11)14-8-10-6-7-10/h2-5,9-10,14H,6-8H2,1H3. The molecule has 1 aromatic rings. The highest BCUT2D eigenvalue weighted by Crippen LogP contribution is 2.31. The smallest absolute Gasteiger partial charge is 0.0577 e. The fourth-order valence-electron chi connectivity index (χ4n) is 1.58. The molecule has 0 radical (unpaired) electrons. The summed E-state index contributed by atoms with van der Waals surface area (Å²) in [5, 5.41) is 3.55. The first kappa shape index (κ1) is 9.85. The number of rotatable bonds is 4. The third-order valence-corrected chi connectivity index (χ3v) is 2.90. The first-order valence-corrected chi connectivity index (χ1v) is 5.68. The van der Waals surface area contributed by atoms with E-state index in [1.807, 2.05) is 13.0 Å². The van der Waals surface area contributed by atoms with Crippen molar-refractivity contribution in [1.82, 2.24) is 0 Å². The zero-order valence-electron chi connectivity index (χ0n) is 8.46. The van der Waals surface area contributed by atoms with Crippen molar-refractivity contribution in [1.29, 1.82) is 0 Å². The van der Waals surface area contributed by atoms with Gasteiger partial charge in [0.2, 0.25) is 0 Å². The number of hydrogen-bond donors (Lipinski definition) is 1. The van der Waals surface area contributed by atoms with E-state index in [4.69, 9.17) is 11.6 Å². The molecule has 0 heterocycles. The molecule has 1 aliphatic rings. The van der Waals surface area contributed by atoms with Gasteiger partial charge in [0, 0.05) is 12.2 Å². The number of halogens is 1. The summed E-state index contributed by atoms with van der Waals surface area (Å²) in [6.45, 7) is 3.11. The van der Waals surface area contributed by atoms with E-state index in [0.29, 0.717) is 0 Å². The van der Waals surface area contributed by atoms with Gasteiger partial charge in [0.25, 0.3) is 0 Å². The fraction of sp³-hybridized carbons (Fsp3) is 0.500. The average molecular weight is 210 g/mol. The SMILES string of the molecule is CC(Cl)c1ccccc1NCC1CC1.